The highest BCUT2D eigenvalue weighted by atomic mass is 19.1. The monoisotopic (exact) mass is 310 g/mol. The van der Waals surface area contributed by atoms with Gasteiger partial charge in [0.05, 0.1) is 11.2 Å². The summed E-state index contributed by atoms with van der Waals surface area (Å²) in [6.45, 7) is 0.577. The van der Waals surface area contributed by atoms with E-state index in [2.05, 4.69) is 10.3 Å². The van der Waals surface area contributed by atoms with Crippen molar-refractivity contribution in [1.29, 1.82) is 0 Å². The summed E-state index contributed by atoms with van der Waals surface area (Å²) < 4.78 is 15.7. The third kappa shape index (κ3) is 2.36. The number of para-hydroxylation sites is 2. The highest BCUT2D eigenvalue weighted by Crippen LogP contribution is 2.30. The van der Waals surface area contributed by atoms with Crippen LogP contribution in [0, 0.1) is 5.82 Å². The molecule has 4 rings (SSSR count). The Bertz CT molecular complexity index is 889. The van der Waals surface area contributed by atoms with Crippen molar-refractivity contribution in [1.82, 2.24) is 15.0 Å². The van der Waals surface area contributed by atoms with E-state index in [-0.39, 0.29) is 18.3 Å². The van der Waals surface area contributed by atoms with Gasteiger partial charge in [0.25, 0.3) is 0 Å². The van der Waals surface area contributed by atoms with Gasteiger partial charge in [0.15, 0.2) is 0 Å². The van der Waals surface area contributed by atoms with Crippen LogP contribution >= 0.6 is 0 Å². The molecule has 0 saturated carbocycles. The maximum Gasteiger partial charge on any atom is 0.248 e. The SMILES string of the molecule is O=C(Cn1nnc2ccccc21)N1CCCc2cccc(F)c21. The fourth-order valence-electron chi connectivity index (χ4n) is 3.10. The minimum Gasteiger partial charge on any atom is -0.308 e. The van der Waals surface area contributed by atoms with Gasteiger partial charge in [0.2, 0.25) is 5.91 Å². The lowest BCUT2D eigenvalue weighted by atomic mass is 10.0. The first kappa shape index (κ1) is 13.9. The van der Waals surface area contributed by atoms with Crippen molar-refractivity contribution < 1.29 is 9.18 Å². The Labute approximate surface area is 132 Å². The van der Waals surface area contributed by atoms with Gasteiger partial charge in [-0.2, -0.15) is 0 Å². The number of rotatable bonds is 2. The third-order valence-electron chi connectivity index (χ3n) is 4.17. The Morgan fingerprint density at radius 1 is 1.17 bits per heavy atom. The largest absolute Gasteiger partial charge is 0.308 e. The molecule has 0 unspecified atom stereocenters. The summed E-state index contributed by atoms with van der Waals surface area (Å²) in [6, 6.07) is 12.4. The first-order valence-corrected chi connectivity index (χ1v) is 7.60. The van der Waals surface area contributed by atoms with E-state index in [1.807, 2.05) is 30.3 Å². The number of carbonyl (C=O) groups excluding carboxylic acids is 1. The van der Waals surface area contributed by atoms with Crippen LogP contribution in [0.4, 0.5) is 10.1 Å². The standard InChI is InChI=1S/C17H15FN4O/c18-13-7-3-5-12-6-4-10-21(17(12)13)16(23)11-22-15-9-2-1-8-14(15)19-20-22/h1-3,5,7-9H,4,6,10-11H2. The van der Waals surface area contributed by atoms with E-state index in [0.29, 0.717) is 12.2 Å². The van der Waals surface area contributed by atoms with Crippen LogP contribution in [0.3, 0.4) is 0 Å². The van der Waals surface area contributed by atoms with Gasteiger partial charge in [-0.15, -0.1) is 5.10 Å². The lowest BCUT2D eigenvalue weighted by molar-refractivity contribution is -0.119. The van der Waals surface area contributed by atoms with Gasteiger partial charge in [-0.05, 0) is 36.6 Å². The van der Waals surface area contributed by atoms with Crippen molar-refractivity contribution >= 4 is 22.6 Å². The van der Waals surface area contributed by atoms with Gasteiger partial charge in [-0.3, -0.25) is 4.79 Å². The second-order valence-electron chi connectivity index (χ2n) is 5.63. The Balaban J connectivity index is 1.66. The summed E-state index contributed by atoms with van der Waals surface area (Å²) in [4.78, 5) is 14.2. The summed E-state index contributed by atoms with van der Waals surface area (Å²) in [5.41, 5.74) is 2.83. The van der Waals surface area contributed by atoms with Gasteiger partial charge in [0.1, 0.15) is 17.9 Å². The highest BCUT2D eigenvalue weighted by Gasteiger charge is 2.26. The van der Waals surface area contributed by atoms with Crippen LogP contribution in [-0.4, -0.2) is 27.4 Å². The number of anilines is 1. The van der Waals surface area contributed by atoms with Crippen LogP contribution in [0.1, 0.15) is 12.0 Å². The molecule has 1 amide bonds. The molecule has 2 heterocycles. The molecule has 0 radical (unpaired) electrons. The molecule has 0 saturated heterocycles. The second-order valence-corrected chi connectivity index (χ2v) is 5.63. The first-order valence-electron chi connectivity index (χ1n) is 7.60. The number of fused-ring (bicyclic) bond motifs is 2. The second kappa shape index (κ2) is 5.46. The number of carbonyl (C=O) groups is 1. The van der Waals surface area contributed by atoms with Crippen LogP contribution in [-0.2, 0) is 17.8 Å². The average molecular weight is 310 g/mol. The number of aromatic nitrogens is 3. The van der Waals surface area contributed by atoms with Crippen LogP contribution in [0.2, 0.25) is 0 Å². The summed E-state index contributed by atoms with van der Waals surface area (Å²) in [5, 5.41) is 8.08. The van der Waals surface area contributed by atoms with Crippen molar-refractivity contribution in [2.24, 2.45) is 0 Å². The minimum atomic E-state index is -0.348. The lowest BCUT2D eigenvalue weighted by Crippen LogP contribution is -2.38. The molecule has 3 aromatic rings. The quantitative estimate of drug-likeness (QED) is 0.731. The van der Waals surface area contributed by atoms with E-state index in [1.165, 1.54) is 11.0 Å². The van der Waals surface area contributed by atoms with E-state index in [1.54, 1.807) is 10.7 Å². The van der Waals surface area contributed by atoms with E-state index < -0.39 is 0 Å². The predicted octanol–water partition coefficient (Wildman–Crippen LogP) is 2.55. The highest BCUT2D eigenvalue weighted by molar-refractivity contribution is 5.95. The van der Waals surface area contributed by atoms with Crippen molar-refractivity contribution in [3.05, 3.63) is 53.8 Å². The molecule has 0 aliphatic carbocycles. The molecule has 2 aromatic carbocycles. The van der Waals surface area contributed by atoms with Crippen LogP contribution < -0.4 is 4.90 Å². The average Bonchev–Trinajstić information content (AvgIpc) is 2.98. The molecule has 0 atom stereocenters. The molecule has 116 valence electrons. The molecular formula is C17H15FN4O. The maximum atomic E-state index is 14.2. The van der Waals surface area contributed by atoms with Crippen LogP contribution in [0.15, 0.2) is 42.5 Å². The van der Waals surface area contributed by atoms with Gasteiger partial charge in [0, 0.05) is 6.54 Å². The van der Waals surface area contributed by atoms with E-state index in [9.17, 15) is 9.18 Å². The van der Waals surface area contributed by atoms with Crippen molar-refractivity contribution in [3.8, 4) is 0 Å². The Hall–Kier alpha value is -2.76. The van der Waals surface area contributed by atoms with Crippen LogP contribution in [0.25, 0.3) is 11.0 Å². The molecule has 23 heavy (non-hydrogen) atoms. The van der Waals surface area contributed by atoms with Gasteiger partial charge in [-0.1, -0.05) is 29.5 Å². The summed E-state index contributed by atoms with van der Waals surface area (Å²) in [7, 11) is 0. The Morgan fingerprint density at radius 2 is 2.04 bits per heavy atom. The molecule has 1 aliphatic heterocycles. The number of aryl methyl sites for hydroxylation is 1. The summed E-state index contributed by atoms with van der Waals surface area (Å²) >= 11 is 0. The van der Waals surface area contributed by atoms with Gasteiger partial charge >= 0.3 is 0 Å². The molecule has 1 aromatic heterocycles. The van der Waals surface area contributed by atoms with Gasteiger partial charge < -0.3 is 4.90 Å². The molecule has 0 fully saturated rings. The normalized spacial score (nSPS) is 14.0. The summed E-state index contributed by atoms with van der Waals surface area (Å²) in [5.74, 6) is -0.522. The predicted molar refractivity (Wildman–Crippen MR) is 84.6 cm³/mol. The van der Waals surface area contributed by atoms with Crippen LogP contribution in [0.5, 0.6) is 0 Å². The van der Waals surface area contributed by atoms with E-state index in [0.717, 1.165) is 29.4 Å². The molecular weight excluding hydrogens is 295 g/mol. The molecule has 6 heteroatoms. The fourth-order valence-corrected chi connectivity index (χ4v) is 3.10. The van der Waals surface area contributed by atoms with Crippen molar-refractivity contribution in [2.45, 2.75) is 19.4 Å². The minimum absolute atomic E-state index is 0.0499. The fraction of sp³-hybridized carbons (Fsp3) is 0.235. The number of amides is 1. The summed E-state index contributed by atoms with van der Waals surface area (Å²) in [6.07, 6.45) is 1.63. The zero-order valence-corrected chi connectivity index (χ0v) is 12.4. The zero-order valence-electron chi connectivity index (χ0n) is 12.4. The van der Waals surface area contributed by atoms with E-state index >= 15 is 0 Å². The maximum absolute atomic E-state index is 14.2. The van der Waals surface area contributed by atoms with E-state index in [4.69, 9.17) is 0 Å². The molecule has 0 spiro atoms. The molecule has 0 bridgehead atoms. The number of hydrogen-bond donors (Lipinski definition) is 0. The van der Waals surface area contributed by atoms with Crippen molar-refractivity contribution in [3.63, 3.8) is 0 Å². The third-order valence-corrected chi connectivity index (χ3v) is 4.17. The topological polar surface area (TPSA) is 51.0 Å². The number of nitrogens with zero attached hydrogens (tertiary/aromatic N) is 4. The zero-order chi connectivity index (χ0) is 15.8. The van der Waals surface area contributed by atoms with Gasteiger partial charge in [-0.25, -0.2) is 9.07 Å². The molecule has 5 nitrogen and oxygen atoms in total. The molecule has 1 aliphatic rings. The van der Waals surface area contributed by atoms with Crippen molar-refractivity contribution in [2.75, 3.05) is 11.4 Å². The first-order chi connectivity index (χ1) is 11.2. The number of hydrogen-bond acceptors (Lipinski definition) is 3. The lowest BCUT2D eigenvalue weighted by Gasteiger charge is -2.29. The Morgan fingerprint density at radius 3 is 2.96 bits per heavy atom. The number of benzene rings is 2. The smallest absolute Gasteiger partial charge is 0.248 e. The number of halogens is 1. The Kier molecular flexibility index (Phi) is 3.29. The molecule has 0 N–H and O–H groups in total.